The average molecular weight is 314 g/mol. The summed E-state index contributed by atoms with van der Waals surface area (Å²) in [5, 5.41) is 0.101. The first-order chi connectivity index (χ1) is 9.35. The summed E-state index contributed by atoms with van der Waals surface area (Å²) in [6.45, 7) is 18.3. The SMILES string of the molecule is C=C(C)CC(CO[Si](C)(C)C(C)(C)C)OC(=O)CC(C)=O. The smallest absolute Gasteiger partial charge is 0.313 e. The minimum Gasteiger partial charge on any atom is -0.459 e. The fourth-order valence-electron chi connectivity index (χ4n) is 1.47. The molecule has 4 nitrogen and oxygen atoms in total. The van der Waals surface area contributed by atoms with E-state index in [2.05, 4.69) is 40.4 Å². The van der Waals surface area contributed by atoms with Crippen LogP contribution in [0.15, 0.2) is 12.2 Å². The molecule has 0 spiro atoms. The van der Waals surface area contributed by atoms with Gasteiger partial charge in [0.1, 0.15) is 18.3 Å². The van der Waals surface area contributed by atoms with Gasteiger partial charge in [-0.2, -0.15) is 0 Å². The van der Waals surface area contributed by atoms with Gasteiger partial charge in [0.2, 0.25) is 0 Å². The maximum absolute atomic E-state index is 11.6. The molecule has 0 heterocycles. The van der Waals surface area contributed by atoms with Crippen molar-refractivity contribution in [2.75, 3.05) is 6.61 Å². The molecule has 21 heavy (non-hydrogen) atoms. The summed E-state index contributed by atoms with van der Waals surface area (Å²) in [7, 11) is -1.89. The van der Waals surface area contributed by atoms with Crippen LogP contribution in [0.1, 0.15) is 47.5 Å². The minimum atomic E-state index is -1.89. The zero-order chi connectivity index (χ0) is 16.8. The Morgan fingerprint density at radius 1 is 1.19 bits per heavy atom. The van der Waals surface area contributed by atoms with E-state index >= 15 is 0 Å². The maximum atomic E-state index is 11.6. The molecule has 0 aromatic carbocycles. The number of esters is 1. The molecule has 0 bridgehead atoms. The van der Waals surface area contributed by atoms with E-state index in [1.54, 1.807) is 0 Å². The van der Waals surface area contributed by atoms with Gasteiger partial charge in [0.25, 0.3) is 0 Å². The van der Waals surface area contributed by atoms with Crippen molar-refractivity contribution in [1.29, 1.82) is 0 Å². The second kappa shape index (κ2) is 7.89. The lowest BCUT2D eigenvalue weighted by Gasteiger charge is -2.37. The van der Waals surface area contributed by atoms with E-state index < -0.39 is 14.3 Å². The van der Waals surface area contributed by atoms with E-state index in [1.807, 2.05) is 6.92 Å². The summed E-state index contributed by atoms with van der Waals surface area (Å²) in [6.07, 6.45) is -0.00566. The lowest BCUT2D eigenvalue weighted by molar-refractivity contribution is -0.152. The number of hydrogen-bond acceptors (Lipinski definition) is 4. The van der Waals surface area contributed by atoms with Gasteiger partial charge in [0.15, 0.2) is 8.32 Å². The van der Waals surface area contributed by atoms with Crippen molar-refractivity contribution in [2.45, 2.75) is 71.7 Å². The van der Waals surface area contributed by atoms with Crippen molar-refractivity contribution < 1.29 is 18.8 Å². The molecule has 1 unspecified atom stereocenters. The topological polar surface area (TPSA) is 52.6 Å². The van der Waals surface area contributed by atoms with Gasteiger partial charge in [0.05, 0.1) is 6.61 Å². The van der Waals surface area contributed by atoms with Gasteiger partial charge in [-0.3, -0.25) is 9.59 Å². The molecule has 5 heteroatoms. The highest BCUT2D eigenvalue weighted by Gasteiger charge is 2.37. The quantitative estimate of drug-likeness (QED) is 0.295. The third-order valence-electron chi connectivity index (χ3n) is 3.70. The second-order valence-corrected chi connectivity index (χ2v) is 12.0. The number of hydrogen-bond donors (Lipinski definition) is 0. The van der Waals surface area contributed by atoms with Gasteiger partial charge < -0.3 is 9.16 Å². The first-order valence-electron chi connectivity index (χ1n) is 7.32. The summed E-state index contributed by atoms with van der Waals surface area (Å²) in [5.74, 6) is -0.688. The zero-order valence-corrected chi connectivity index (χ0v) is 15.5. The molecule has 0 aliphatic heterocycles. The molecular weight excluding hydrogens is 284 g/mol. The fraction of sp³-hybridized carbons (Fsp3) is 0.750. The number of ether oxygens (including phenoxy) is 1. The van der Waals surface area contributed by atoms with Crippen molar-refractivity contribution in [2.24, 2.45) is 0 Å². The molecular formula is C16H30O4Si. The largest absolute Gasteiger partial charge is 0.459 e. The normalized spacial score (nSPS) is 13.7. The molecule has 0 N–H and O–H groups in total. The van der Waals surface area contributed by atoms with Crippen LogP contribution in [-0.2, 0) is 18.8 Å². The Balaban J connectivity index is 4.68. The van der Waals surface area contributed by atoms with E-state index in [-0.39, 0.29) is 23.3 Å². The first-order valence-corrected chi connectivity index (χ1v) is 10.2. The Hall–Kier alpha value is -0.943. The molecule has 122 valence electrons. The Bertz CT molecular complexity index is 394. The van der Waals surface area contributed by atoms with E-state index in [0.717, 1.165) is 5.57 Å². The van der Waals surface area contributed by atoms with E-state index in [0.29, 0.717) is 13.0 Å². The number of ketones is 1. The molecule has 0 aliphatic carbocycles. The van der Waals surface area contributed by atoms with Crippen molar-refractivity contribution in [1.82, 2.24) is 0 Å². The van der Waals surface area contributed by atoms with Gasteiger partial charge in [0, 0.05) is 6.42 Å². The number of carbonyl (C=O) groups excluding carboxylic acids is 2. The summed E-state index contributed by atoms with van der Waals surface area (Å²) >= 11 is 0. The van der Waals surface area contributed by atoms with Gasteiger partial charge >= 0.3 is 5.97 Å². The molecule has 0 saturated carbocycles. The average Bonchev–Trinajstić information content (AvgIpc) is 2.22. The molecule has 0 aromatic heterocycles. The highest BCUT2D eigenvalue weighted by molar-refractivity contribution is 6.74. The number of carbonyl (C=O) groups is 2. The summed E-state index contributed by atoms with van der Waals surface area (Å²) in [5.41, 5.74) is 0.925. The van der Waals surface area contributed by atoms with Crippen LogP contribution in [0.25, 0.3) is 0 Å². The number of rotatable bonds is 8. The highest BCUT2D eigenvalue weighted by Crippen LogP contribution is 2.36. The predicted molar refractivity (Wildman–Crippen MR) is 87.8 cm³/mol. The zero-order valence-electron chi connectivity index (χ0n) is 14.5. The molecule has 0 aromatic rings. The summed E-state index contributed by atoms with van der Waals surface area (Å²) < 4.78 is 11.5. The molecule has 0 radical (unpaired) electrons. The van der Waals surface area contributed by atoms with Crippen LogP contribution in [0.5, 0.6) is 0 Å². The van der Waals surface area contributed by atoms with Crippen LogP contribution in [0.4, 0.5) is 0 Å². The minimum absolute atomic E-state index is 0.101. The van der Waals surface area contributed by atoms with Gasteiger partial charge in [-0.15, -0.1) is 6.58 Å². The molecule has 1 atom stereocenters. The van der Waals surface area contributed by atoms with Crippen LogP contribution in [-0.4, -0.2) is 32.8 Å². The maximum Gasteiger partial charge on any atom is 0.313 e. The Labute approximate surface area is 130 Å². The fourth-order valence-corrected chi connectivity index (χ4v) is 2.51. The second-order valence-electron chi connectivity index (χ2n) is 7.22. The van der Waals surface area contributed by atoms with Crippen molar-refractivity contribution >= 4 is 20.1 Å². The highest BCUT2D eigenvalue weighted by atomic mass is 28.4. The predicted octanol–water partition coefficient (Wildman–Crippen LogP) is 3.87. The van der Waals surface area contributed by atoms with Crippen LogP contribution < -0.4 is 0 Å². The van der Waals surface area contributed by atoms with Gasteiger partial charge in [-0.25, -0.2) is 0 Å². The number of Topliss-reactive ketones (excluding diaryl/α,β-unsaturated/α-hetero) is 1. The molecule has 0 amide bonds. The Morgan fingerprint density at radius 3 is 2.10 bits per heavy atom. The molecule has 0 rings (SSSR count). The van der Waals surface area contributed by atoms with Crippen LogP contribution >= 0.6 is 0 Å². The van der Waals surface area contributed by atoms with Crippen molar-refractivity contribution in [3.8, 4) is 0 Å². The van der Waals surface area contributed by atoms with Gasteiger partial charge in [-0.1, -0.05) is 26.3 Å². The standard InChI is InChI=1S/C16H30O4Si/c1-12(2)9-14(20-15(18)10-13(3)17)11-19-21(7,8)16(4,5)6/h14H,1,9-11H2,2-8H3. The first kappa shape index (κ1) is 20.1. The molecule has 0 saturated heterocycles. The molecule has 0 aliphatic rings. The van der Waals surface area contributed by atoms with Gasteiger partial charge in [-0.05, 0) is 32.0 Å². The van der Waals surface area contributed by atoms with E-state index in [1.165, 1.54) is 6.92 Å². The monoisotopic (exact) mass is 314 g/mol. The third-order valence-corrected chi connectivity index (χ3v) is 8.20. The molecule has 0 fully saturated rings. The van der Waals surface area contributed by atoms with E-state index in [9.17, 15) is 9.59 Å². The lowest BCUT2D eigenvalue weighted by atomic mass is 10.1. The summed E-state index contributed by atoms with van der Waals surface area (Å²) in [4.78, 5) is 22.6. The Kier molecular flexibility index (Phi) is 7.54. The van der Waals surface area contributed by atoms with Crippen molar-refractivity contribution in [3.05, 3.63) is 12.2 Å². The summed E-state index contributed by atoms with van der Waals surface area (Å²) in [6, 6.07) is 0. The Morgan fingerprint density at radius 2 is 1.71 bits per heavy atom. The van der Waals surface area contributed by atoms with Crippen LogP contribution in [0.2, 0.25) is 18.1 Å². The van der Waals surface area contributed by atoms with Crippen LogP contribution in [0.3, 0.4) is 0 Å². The lowest BCUT2D eigenvalue weighted by Crippen LogP contribution is -2.43. The van der Waals surface area contributed by atoms with E-state index in [4.69, 9.17) is 9.16 Å². The third kappa shape index (κ3) is 8.17. The van der Waals surface area contributed by atoms with Crippen molar-refractivity contribution in [3.63, 3.8) is 0 Å². The van der Waals surface area contributed by atoms with Crippen LogP contribution in [0, 0.1) is 0 Å².